The van der Waals surface area contributed by atoms with Crippen molar-refractivity contribution in [3.05, 3.63) is 29.8 Å². The first-order valence-electron chi connectivity index (χ1n) is 6.52. The molecule has 0 spiro atoms. The molecule has 17 heavy (non-hydrogen) atoms. The predicted octanol–water partition coefficient (Wildman–Crippen LogP) is 3.43. The number of benzene rings is 1. The van der Waals surface area contributed by atoms with E-state index in [1.54, 1.807) is 7.11 Å². The summed E-state index contributed by atoms with van der Waals surface area (Å²) in [6, 6.07) is 8.43. The Labute approximate surface area is 105 Å². The summed E-state index contributed by atoms with van der Waals surface area (Å²) in [5.74, 6) is 2.24. The highest BCUT2D eigenvalue weighted by atomic mass is 16.5. The van der Waals surface area contributed by atoms with Crippen LogP contribution < -0.4 is 10.1 Å². The number of rotatable bonds is 7. The Bertz CT molecular complexity index is 305. The van der Waals surface area contributed by atoms with Gasteiger partial charge in [-0.3, -0.25) is 0 Å². The first kappa shape index (κ1) is 14.0. The highest BCUT2D eigenvalue weighted by Gasteiger charge is 2.09. The van der Waals surface area contributed by atoms with Crippen molar-refractivity contribution < 1.29 is 4.74 Å². The van der Waals surface area contributed by atoms with E-state index in [2.05, 4.69) is 38.2 Å². The number of methoxy groups -OCH3 is 1. The van der Waals surface area contributed by atoms with E-state index in [9.17, 15) is 0 Å². The van der Waals surface area contributed by atoms with Crippen LogP contribution in [0.25, 0.3) is 0 Å². The maximum Gasteiger partial charge on any atom is 0.118 e. The van der Waals surface area contributed by atoms with E-state index in [0.29, 0.717) is 11.8 Å². The van der Waals surface area contributed by atoms with Crippen LogP contribution in [0.4, 0.5) is 0 Å². The van der Waals surface area contributed by atoms with Crippen LogP contribution in [-0.2, 0) is 0 Å². The lowest BCUT2D eigenvalue weighted by Crippen LogP contribution is -2.25. The Morgan fingerprint density at radius 1 is 1.12 bits per heavy atom. The van der Waals surface area contributed by atoms with Crippen LogP contribution in [0, 0.1) is 5.92 Å². The molecule has 1 N–H and O–H groups in total. The number of hydrogen-bond acceptors (Lipinski definition) is 2. The molecule has 1 atom stereocenters. The standard InChI is InChI=1S/C15H25NO/c1-5-13(11-16-10-12(2)3)14-6-8-15(17-4)9-7-14/h6-9,12-13,16H,5,10-11H2,1-4H3. The third kappa shape index (κ3) is 4.78. The van der Waals surface area contributed by atoms with Gasteiger partial charge in [-0.2, -0.15) is 0 Å². The van der Waals surface area contributed by atoms with E-state index in [4.69, 9.17) is 4.74 Å². The maximum atomic E-state index is 5.18. The smallest absolute Gasteiger partial charge is 0.118 e. The molecule has 2 nitrogen and oxygen atoms in total. The molecule has 0 heterocycles. The molecule has 1 unspecified atom stereocenters. The van der Waals surface area contributed by atoms with Crippen LogP contribution >= 0.6 is 0 Å². The minimum Gasteiger partial charge on any atom is -0.497 e. The molecule has 0 bridgehead atoms. The second kappa shape index (κ2) is 7.33. The SMILES string of the molecule is CCC(CNCC(C)C)c1ccc(OC)cc1. The summed E-state index contributed by atoms with van der Waals surface area (Å²) in [4.78, 5) is 0. The molecular weight excluding hydrogens is 210 g/mol. The Morgan fingerprint density at radius 3 is 2.24 bits per heavy atom. The van der Waals surface area contributed by atoms with Gasteiger partial charge in [0.05, 0.1) is 7.11 Å². The summed E-state index contributed by atoms with van der Waals surface area (Å²) < 4.78 is 5.18. The predicted molar refractivity (Wildman–Crippen MR) is 73.7 cm³/mol. The summed E-state index contributed by atoms with van der Waals surface area (Å²) >= 11 is 0. The van der Waals surface area contributed by atoms with E-state index >= 15 is 0 Å². The third-order valence-corrected chi connectivity index (χ3v) is 3.02. The van der Waals surface area contributed by atoms with Gasteiger partial charge in [0, 0.05) is 6.54 Å². The number of ether oxygens (including phenoxy) is 1. The van der Waals surface area contributed by atoms with Crippen molar-refractivity contribution in [2.75, 3.05) is 20.2 Å². The molecule has 1 rings (SSSR count). The average Bonchev–Trinajstić information content (AvgIpc) is 2.34. The maximum absolute atomic E-state index is 5.18. The minimum atomic E-state index is 0.597. The van der Waals surface area contributed by atoms with E-state index in [0.717, 1.165) is 25.3 Å². The van der Waals surface area contributed by atoms with Crippen molar-refractivity contribution in [3.63, 3.8) is 0 Å². The lowest BCUT2D eigenvalue weighted by Gasteiger charge is -2.17. The Hall–Kier alpha value is -1.02. The van der Waals surface area contributed by atoms with Crippen LogP contribution in [0.1, 0.15) is 38.7 Å². The van der Waals surface area contributed by atoms with Gasteiger partial charge < -0.3 is 10.1 Å². The van der Waals surface area contributed by atoms with Gasteiger partial charge in [-0.1, -0.05) is 32.9 Å². The molecule has 0 fully saturated rings. The summed E-state index contributed by atoms with van der Waals surface area (Å²) in [5, 5.41) is 3.53. The zero-order chi connectivity index (χ0) is 12.7. The first-order valence-corrected chi connectivity index (χ1v) is 6.52. The van der Waals surface area contributed by atoms with Crippen molar-refractivity contribution in [1.29, 1.82) is 0 Å². The highest BCUT2D eigenvalue weighted by Crippen LogP contribution is 2.21. The van der Waals surface area contributed by atoms with Crippen LogP contribution in [0.5, 0.6) is 5.75 Å². The molecule has 96 valence electrons. The number of hydrogen-bond donors (Lipinski definition) is 1. The van der Waals surface area contributed by atoms with Gasteiger partial charge in [0.25, 0.3) is 0 Å². The summed E-state index contributed by atoms with van der Waals surface area (Å²) in [5.41, 5.74) is 1.39. The molecule has 0 aromatic heterocycles. The van der Waals surface area contributed by atoms with Crippen molar-refractivity contribution in [2.24, 2.45) is 5.92 Å². The van der Waals surface area contributed by atoms with Crippen molar-refractivity contribution in [2.45, 2.75) is 33.1 Å². The number of nitrogens with one attached hydrogen (secondary N) is 1. The second-order valence-electron chi connectivity index (χ2n) is 4.93. The van der Waals surface area contributed by atoms with Crippen LogP contribution in [0.2, 0.25) is 0 Å². The minimum absolute atomic E-state index is 0.597. The molecule has 0 aliphatic heterocycles. The van der Waals surface area contributed by atoms with Gasteiger partial charge >= 0.3 is 0 Å². The van der Waals surface area contributed by atoms with Gasteiger partial charge in [0.1, 0.15) is 5.75 Å². The summed E-state index contributed by atoms with van der Waals surface area (Å²) in [6.07, 6.45) is 1.16. The van der Waals surface area contributed by atoms with Gasteiger partial charge in [0.15, 0.2) is 0 Å². The van der Waals surface area contributed by atoms with Gasteiger partial charge in [-0.15, -0.1) is 0 Å². The quantitative estimate of drug-likeness (QED) is 0.781. The monoisotopic (exact) mass is 235 g/mol. The first-order chi connectivity index (χ1) is 8.17. The molecule has 1 aromatic rings. The van der Waals surface area contributed by atoms with Gasteiger partial charge in [-0.25, -0.2) is 0 Å². The lowest BCUT2D eigenvalue weighted by molar-refractivity contribution is 0.414. The molecule has 0 saturated heterocycles. The Balaban J connectivity index is 2.53. The Kier molecular flexibility index (Phi) is 6.06. The zero-order valence-corrected chi connectivity index (χ0v) is 11.5. The fourth-order valence-electron chi connectivity index (χ4n) is 1.92. The van der Waals surface area contributed by atoms with Crippen LogP contribution in [0.3, 0.4) is 0 Å². The molecule has 0 amide bonds. The summed E-state index contributed by atoms with van der Waals surface area (Å²) in [6.45, 7) is 8.86. The van der Waals surface area contributed by atoms with Crippen molar-refractivity contribution in [1.82, 2.24) is 5.32 Å². The zero-order valence-electron chi connectivity index (χ0n) is 11.5. The molecule has 0 saturated carbocycles. The van der Waals surface area contributed by atoms with E-state index in [-0.39, 0.29) is 0 Å². The average molecular weight is 235 g/mol. The van der Waals surface area contributed by atoms with Gasteiger partial charge in [0.2, 0.25) is 0 Å². The van der Waals surface area contributed by atoms with E-state index < -0.39 is 0 Å². The van der Waals surface area contributed by atoms with E-state index in [1.807, 2.05) is 12.1 Å². The molecule has 1 aromatic carbocycles. The fraction of sp³-hybridized carbons (Fsp3) is 0.600. The van der Waals surface area contributed by atoms with E-state index in [1.165, 1.54) is 5.56 Å². The molecule has 2 heteroatoms. The van der Waals surface area contributed by atoms with Gasteiger partial charge in [-0.05, 0) is 42.5 Å². The van der Waals surface area contributed by atoms with Crippen molar-refractivity contribution >= 4 is 0 Å². The largest absolute Gasteiger partial charge is 0.497 e. The van der Waals surface area contributed by atoms with Crippen molar-refractivity contribution in [3.8, 4) is 5.75 Å². The summed E-state index contributed by atoms with van der Waals surface area (Å²) in [7, 11) is 1.70. The van der Waals surface area contributed by atoms with Crippen LogP contribution in [-0.4, -0.2) is 20.2 Å². The molecular formula is C15H25NO. The normalized spacial score (nSPS) is 12.8. The second-order valence-corrected chi connectivity index (χ2v) is 4.93. The molecule has 0 radical (unpaired) electrons. The van der Waals surface area contributed by atoms with Crippen LogP contribution in [0.15, 0.2) is 24.3 Å². The lowest BCUT2D eigenvalue weighted by atomic mass is 9.96. The molecule has 0 aliphatic rings. The fourth-order valence-corrected chi connectivity index (χ4v) is 1.92. The highest BCUT2D eigenvalue weighted by molar-refractivity contribution is 5.29. The Morgan fingerprint density at radius 2 is 1.76 bits per heavy atom. The third-order valence-electron chi connectivity index (χ3n) is 3.02. The topological polar surface area (TPSA) is 21.3 Å². The molecule has 0 aliphatic carbocycles.